The van der Waals surface area contributed by atoms with Crippen LogP contribution in [0.2, 0.25) is 0 Å². The minimum Gasteiger partial charge on any atom is -0.491 e. The van der Waals surface area contributed by atoms with Crippen LogP contribution in [0.25, 0.3) is 0 Å². The van der Waals surface area contributed by atoms with Gasteiger partial charge in [0.25, 0.3) is 5.91 Å². The highest BCUT2D eigenvalue weighted by Crippen LogP contribution is 2.20. The average molecular weight is 429 g/mol. The van der Waals surface area contributed by atoms with E-state index in [0.29, 0.717) is 12.5 Å². The maximum atomic E-state index is 11.9. The van der Waals surface area contributed by atoms with Gasteiger partial charge in [-0.05, 0) is 64.4 Å². The smallest absolute Gasteiger partial charge is 0.250 e. The number of rotatable bonds is 9. The van der Waals surface area contributed by atoms with Crippen molar-refractivity contribution >= 4 is 5.91 Å². The lowest BCUT2D eigenvalue weighted by molar-refractivity contribution is -0.117. The van der Waals surface area contributed by atoms with Crippen LogP contribution in [-0.2, 0) is 4.79 Å². The van der Waals surface area contributed by atoms with E-state index >= 15 is 0 Å². The van der Waals surface area contributed by atoms with Crippen LogP contribution in [0.5, 0.6) is 5.75 Å². The van der Waals surface area contributed by atoms with Crippen molar-refractivity contribution in [3.05, 3.63) is 65.3 Å². The molecule has 1 aliphatic heterocycles. The largest absolute Gasteiger partial charge is 0.491 e. The Kier molecular flexibility index (Phi) is 12.6. The summed E-state index contributed by atoms with van der Waals surface area (Å²) in [5.74, 6) is 1.50. The van der Waals surface area contributed by atoms with Crippen LogP contribution in [-0.4, -0.2) is 54.8 Å². The van der Waals surface area contributed by atoms with E-state index < -0.39 is 6.10 Å². The van der Waals surface area contributed by atoms with Gasteiger partial charge in [-0.2, -0.15) is 0 Å². The highest BCUT2D eigenvalue weighted by molar-refractivity contribution is 5.96. The van der Waals surface area contributed by atoms with Crippen molar-refractivity contribution in [2.24, 2.45) is 5.92 Å². The number of benzene rings is 1. The summed E-state index contributed by atoms with van der Waals surface area (Å²) in [5.41, 5.74) is 3.08. The van der Waals surface area contributed by atoms with Gasteiger partial charge in [-0.25, -0.2) is 0 Å². The van der Waals surface area contributed by atoms with E-state index in [-0.39, 0.29) is 5.91 Å². The fraction of sp³-hybridized carbons (Fsp3) is 0.500. The molecule has 5 nitrogen and oxygen atoms in total. The van der Waals surface area contributed by atoms with E-state index in [1.165, 1.54) is 5.56 Å². The number of aryl methyl sites for hydroxylation is 1. The number of allylic oxidation sites excluding steroid dienone is 4. The van der Waals surface area contributed by atoms with E-state index in [0.717, 1.165) is 43.1 Å². The zero-order chi connectivity index (χ0) is 23.2. The first-order valence-corrected chi connectivity index (χ1v) is 11.2. The number of aliphatic hydroxyl groups excluding tert-OH is 1. The Labute approximate surface area is 188 Å². The third-order valence-electron chi connectivity index (χ3n) is 5.22. The molecule has 1 aromatic carbocycles. The van der Waals surface area contributed by atoms with Gasteiger partial charge in [-0.3, -0.25) is 4.79 Å². The van der Waals surface area contributed by atoms with Gasteiger partial charge in [-0.15, -0.1) is 0 Å². The number of hydrogen-bond acceptors (Lipinski definition) is 4. The summed E-state index contributed by atoms with van der Waals surface area (Å²) in [4.78, 5) is 14.3. The van der Waals surface area contributed by atoms with Crippen LogP contribution in [0.3, 0.4) is 0 Å². The Morgan fingerprint density at radius 2 is 2.00 bits per heavy atom. The van der Waals surface area contributed by atoms with Gasteiger partial charge in [0.15, 0.2) is 0 Å². The van der Waals surface area contributed by atoms with Crippen LogP contribution in [0, 0.1) is 19.8 Å². The molecule has 1 amide bonds. The number of nitrogens with zero attached hydrogens (tertiary/aromatic N) is 1. The van der Waals surface area contributed by atoms with Crippen molar-refractivity contribution in [3.8, 4) is 5.75 Å². The lowest BCUT2D eigenvalue weighted by atomic mass is 10.0. The van der Waals surface area contributed by atoms with E-state index in [1.54, 1.807) is 6.92 Å². The van der Waals surface area contributed by atoms with Gasteiger partial charge < -0.3 is 20.1 Å². The molecule has 2 rings (SSSR count). The Bertz CT molecular complexity index is 760. The zero-order valence-electron chi connectivity index (χ0n) is 20.0. The minimum absolute atomic E-state index is 0.0215. The van der Waals surface area contributed by atoms with Crippen molar-refractivity contribution < 1.29 is 14.6 Å². The lowest BCUT2D eigenvalue weighted by Crippen LogP contribution is -2.51. The second-order valence-electron chi connectivity index (χ2n) is 7.92. The first-order valence-electron chi connectivity index (χ1n) is 11.2. The number of ether oxygens (including phenoxy) is 1. The molecule has 1 fully saturated rings. The topological polar surface area (TPSA) is 61.8 Å². The second kappa shape index (κ2) is 14.6. The molecule has 0 bridgehead atoms. The van der Waals surface area contributed by atoms with Crippen LogP contribution < -0.4 is 10.1 Å². The quantitative estimate of drug-likeness (QED) is 0.457. The molecular formula is C26H40N2O3. The fourth-order valence-corrected chi connectivity index (χ4v) is 3.07. The number of hydrogen-bond donors (Lipinski definition) is 2. The molecule has 31 heavy (non-hydrogen) atoms. The van der Waals surface area contributed by atoms with Gasteiger partial charge in [0, 0.05) is 31.1 Å². The molecule has 1 aromatic rings. The van der Waals surface area contributed by atoms with Crippen LogP contribution in [0.4, 0.5) is 0 Å². The normalized spacial score (nSPS) is 16.0. The second-order valence-corrected chi connectivity index (χ2v) is 7.92. The van der Waals surface area contributed by atoms with Crippen molar-refractivity contribution in [2.75, 3.05) is 32.8 Å². The fourth-order valence-electron chi connectivity index (χ4n) is 3.07. The number of carbonyl (C=O) groups excluding carboxylic acids is 1. The monoisotopic (exact) mass is 428 g/mol. The van der Waals surface area contributed by atoms with Gasteiger partial charge >= 0.3 is 0 Å². The first kappa shape index (κ1) is 26.7. The van der Waals surface area contributed by atoms with E-state index in [9.17, 15) is 4.79 Å². The molecule has 1 saturated heterocycles. The summed E-state index contributed by atoms with van der Waals surface area (Å²) in [6, 6.07) is 5.93. The third-order valence-corrected chi connectivity index (χ3v) is 5.22. The molecule has 1 unspecified atom stereocenters. The third kappa shape index (κ3) is 9.99. The maximum absolute atomic E-state index is 11.9. The maximum Gasteiger partial charge on any atom is 0.250 e. The molecule has 0 spiro atoms. The molecule has 0 aromatic heterocycles. The van der Waals surface area contributed by atoms with Crippen molar-refractivity contribution in [3.63, 3.8) is 0 Å². The summed E-state index contributed by atoms with van der Waals surface area (Å²) in [7, 11) is 0. The molecule has 1 aliphatic rings. The van der Waals surface area contributed by atoms with Gasteiger partial charge in [0.05, 0.1) is 6.10 Å². The zero-order valence-corrected chi connectivity index (χ0v) is 20.0. The minimum atomic E-state index is -0.417. The predicted molar refractivity (Wildman–Crippen MR) is 129 cm³/mol. The Morgan fingerprint density at radius 3 is 2.58 bits per heavy atom. The molecule has 0 saturated carbocycles. The number of likely N-dealkylation sites (tertiary alicyclic amines) is 1. The lowest BCUT2D eigenvalue weighted by Gasteiger charge is -2.38. The molecule has 2 N–H and O–H groups in total. The number of aliphatic hydroxyl groups is 1. The van der Waals surface area contributed by atoms with Crippen molar-refractivity contribution in [2.45, 2.75) is 47.6 Å². The van der Waals surface area contributed by atoms with E-state index in [2.05, 4.69) is 17.1 Å². The van der Waals surface area contributed by atoms with E-state index in [4.69, 9.17) is 9.84 Å². The summed E-state index contributed by atoms with van der Waals surface area (Å²) >= 11 is 0. The SMILES string of the molecule is C/C=C/C=C\C(=C/C)C(=O)NCC1CN(CC)C1.Cc1cccc(OCC(C)O)c1C. The highest BCUT2D eigenvalue weighted by Gasteiger charge is 2.25. The van der Waals surface area contributed by atoms with Gasteiger partial charge in [0.1, 0.15) is 12.4 Å². The van der Waals surface area contributed by atoms with Crippen LogP contribution in [0.15, 0.2) is 54.2 Å². The van der Waals surface area contributed by atoms with E-state index in [1.807, 2.05) is 76.3 Å². The molecule has 172 valence electrons. The van der Waals surface area contributed by atoms with Crippen LogP contribution >= 0.6 is 0 Å². The van der Waals surface area contributed by atoms with Gasteiger partial charge in [0.2, 0.25) is 0 Å². The Hall–Kier alpha value is -2.37. The molecular weight excluding hydrogens is 388 g/mol. The van der Waals surface area contributed by atoms with Crippen molar-refractivity contribution in [1.82, 2.24) is 10.2 Å². The van der Waals surface area contributed by atoms with Crippen molar-refractivity contribution in [1.29, 1.82) is 0 Å². The molecule has 5 heteroatoms. The molecule has 0 aliphatic carbocycles. The Balaban J connectivity index is 0.000000327. The summed E-state index contributed by atoms with van der Waals surface area (Å²) < 4.78 is 5.43. The van der Waals surface area contributed by atoms with Crippen LogP contribution in [0.1, 0.15) is 38.8 Å². The molecule has 1 atom stereocenters. The number of amides is 1. The Morgan fingerprint density at radius 1 is 1.29 bits per heavy atom. The summed E-state index contributed by atoms with van der Waals surface area (Å²) in [6.07, 6.45) is 9.01. The highest BCUT2D eigenvalue weighted by atomic mass is 16.5. The summed E-state index contributed by atoms with van der Waals surface area (Å²) in [5, 5.41) is 12.0. The summed E-state index contributed by atoms with van der Waals surface area (Å²) in [6.45, 7) is 16.2. The molecule has 0 radical (unpaired) electrons. The molecule has 1 heterocycles. The standard InChI is InChI=1S/C15H24N2O.C11H16O2/c1-4-7-8-9-14(5-2)15(18)16-10-13-11-17(6-3)12-13;1-8-5-4-6-11(10(8)3)13-7-9(2)12/h4-5,7-9,13H,6,10-12H2,1-3H3,(H,16,18);4-6,9,12H,7H2,1-3H3/b7-4+,9-8-,14-5+;. The first-order chi connectivity index (χ1) is 14.8. The number of nitrogens with one attached hydrogen (secondary N) is 1. The average Bonchev–Trinajstić information content (AvgIpc) is 2.71. The number of carbonyl (C=O) groups is 1. The predicted octanol–water partition coefficient (Wildman–Crippen LogP) is 4.20. The van der Waals surface area contributed by atoms with Gasteiger partial charge in [-0.1, -0.05) is 43.4 Å².